The largest absolute Gasteiger partial charge is 0.395 e. The van der Waals surface area contributed by atoms with Gasteiger partial charge < -0.3 is 5.11 Å². The molecule has 0 radical (unpaired) electrons. The number of nitrogens with one attached hydrogen (secondary N) is 1. The first-order valence-electron chi connectivity index (χ1n) is 5.59. The van der Waals surface area contributed by atoms with E-state index in [1.807, 2.05) is 6.92 Å². The number of aliphatic hydroxyl groups is 1. The van der Waals surface area contributed by atoms with E-state index in [4.69, 9.17) is 5.11 Å². The molecule has 16 heavy (non-hydrogen) atoms. The quantitative estimate of drug-likeness (QED) is 0.799. The van der Waals surface area contributed by atoms with Gasteiger partial charge in [-0.1, -0.05) is 23.8 Å². The van der Waals surface area contributed by atoms with Crippen LogP contribution in [0, 0.1) is 18.3 Å². The van der Waals surface area contributed by atoms with E-state index in [-0.39, 0.29) is 6.61 Å². The number of benzene rings is 1. The molecule has 2 rings (SSSR count). The standard InChI is InChI=1S/C13H16N2O/c1-10-2-3-11-4-5-13(9-14,12(11)8-10)15-6-7-16/h2-3,8,15-16H,4-7H2,1H3. The van der Waals surface area contributed by atoms with Gasteiger partial charge >= 0.3 is 0 Å². The van der Waals surface area contributed by atoms with Crippen molar-refractivity contribution in [2.75, 3.05) is 13.2 Å². The third-order valence-electron chi connectivity index (χ3n) is 3.22. The van der Waals surface area contributed by atoms with Crippen LogP contribution in [0.5, 0.6) is 0 Å². The molecule has 0 aromatic heterocycles. The highest BCUT2D eigenvalue weighted by Gasteiger charge is 2.38. The number of aliphatic hydroxyl groups excluding tert-OH is 1. The molecule has 1 aliphatic carbocycles. The Hall–Kier alpha value is -1.37. The fourth-order valence-corrected chi connectivity index (χ4v) is 2.37. The molecule has 1 atom stereocenters. The number of hydrogen-bond donors (Lipinski definition) is 2. The van der Waals surface area contributed by atoms with Crippen molar-refractivity contribution in [2.24, 2.45) is 0 Å². The average molecular weight is 216 g/mol. The van der Waals surface area contributed by atoms with Gasteiger partial charge in [0.15, 0.2) is 0 Å². The van der Waals surface area contributed by atoms with Gasteiger partial charge in [-0.3, -0.25) is 5.32 Å². The van der Waals surface area contributed by atoms with Crippen LogP contribution in [0.3, 0.4) is 0 Å². The molecule has 1 unspecified atom stereocenters. The van der Waals surface area contributed by atoms with Crippen LogP contribution >= 0.6 is 0 Å². The number of nitriles is 1. The van der Waals surface area contributed by atoms with E-state index in [2.05, 4.69) is 29.6 Å². The molecule has 0 saturated carbocycles. The molecule has 0 bridgehead atoms. The summed E-state index contributed by atoms with van der Waals surface area (Å²) >= 11 is 0. The van der Waals surface area contributed by atoms with Gasteiger partial charge in [-0.25, -0.2) is 0 Å². The maximum atomic E-state index is 9.39. The molecular weight excluding hydrogens is 200 g/mol. The third kappa shape index (κ3) is 1.71. The zero-order chi connectivity index (χ0) is 11.6. The van der Waals surface area contributed by atoms with Gasteiger partial charge in [-0.05, 0) is 30.9 Å². The number of rotatable bonds is 3. The summed E-state index contributed by atoms with van der Waals surface area (Å²) < 4.78 is 0. The number of fused-ring (bicyclic) bond motifs is 1. The summed E-state index contributed by atoms with van der Waals surface area (Å²) in [5, 5.41) is 21.4. The van der Waals surface area contributed by atoms with E-state index in [9.17, 15) is 5.26 Å². The summed E-state index contributed by atoms with van der Waals surface area (Å²) in [6.45, 7) is 2.55. The van der Waals surface area contributed by atoms with Crippen molar-refractivity contribution in [3.8, 4) is 6.07 Å². The van der Waals surface area contributed by atoms with Gasteiger partial charge in [0, 0.05) is 6.54 Å². The van der Waals surface area contributed by atoms with Gasteiger partial charge in [-0.2, -0.15) is 5.26 Å². The minimum atomic E-state index is -0.593. The van der Waals surface area contributed by atoms with Crippen molar-refractivity contribution in [3.63, 3.8) is 0 Å². The molecule has 1 aromatic carbocycles. The predicted molar refractivity (Wildman–Crippen MR) is 61.9 cm³/mol. The van der Waals surface area contributed by atoms with Gasteiger partial charge in [-0.15, -0.1) is 0 Å². The molecule has 0 heterocycles. The van der Waals surface area contributed by atoms with Gasteiger partial charge in [0.2, 0.25) is 0 Å². The molecule has 0 fully saturated rings. The Morgan fingerprint density at radius 2 is 2.38 bits per heavy atom. The maximum Gasteiger partial charge on any atom is 0.132 e. The second kappa shape index (κ2) is 4.25. The Morgan fingerprint density at radius 3 is 3.06 bits per heavy atom. The maximum absolute atomic E-state index is 9.39. The molecule has 1 aromatic rings. The van der Waals surface area contributed by atoms with E-state index in [0.29, 0.717) is 6.54 Å². The molecule has 2 N–H and O–H groups in total. The Morgan fingerprint density at radius 1 is 1.56 bits per heavy atom. The van der Waals surface area contributed by atoms with Crippen LogP contribution in [0.15, 0.2) is 18.2 Å². The van der Waals surface area contributed by atoms with Crippen LogP contribution in [-0.2, 0) is 12.0 Å². The zero-order valence-corrected chi connectivity index (χ0v) is 9.45. The van der Waals surface area contributed by atoms with Crippen LogP contribution in [0.1, 0.15) is 23.1 Å². The SMILES string of the molecule is Cc1ccc2c(c1)C(C#N)(NCCO)CC2. The molecule has 3 nitrogen and oxygen atoms in total. The summed E-state index contributed by atoms with van der Waals surface area (Å²) in [6, 6.07) is 8.64. The second-order valence-corrected chi connectivity index (χ2v) is 4.33. The Balaban J connectivity index is 2.39. The van der Waals surface area contributed by atoms with Crippen molar-refractivity contribution < 1.29 is 5.11 Å². The second-order valence-electron chi connectivity index (χ2n) is 4.33. The lowest BCUT2D eigenvalue weighted by molar-refractivity contribution is 0.272. The van der Waals surface area contributed by atoms with Crippen molar-refractivity contribution in [1.82, 2.24) is 5.32 Å². The topological polar surface area (TPSA) is 56.0 Å². The summed E-state index contributed by atoms with van der Waals surface area (Å²) in [7, 11) is 0. The molecule has 0 spiro atoms. The molecular formula is C13H16N2O. The van der Waals surface area contributed by atoms with Crippen LogP contribution < -0.4 is 5.32 Å². The Bertz CT molecular complexity index is 436. The van der Waals surface area contributed by atoms with E-state index < -0.39 is 5.54 Å². The monoisotopic (exact) mass is 216 g/mol. The summed E-state index contributed by atoms with van der Waals surface area (Å²) in [5.74, 6) is 0. The lowest BCUT2D eigenvalue weighted by atomic mass is 9.92. The highest BCUT2D eigenvalue weighted by atomic mass is 16.3. The normalized spacial score (nSPS) is 22.8. The molecule has 3 heteroatoms. The Kier molecular flexibility index (Phi) is 2.95. The number of nitrogens with zero attached hydrogens (tertiary/aromatic N) is 1. The van der Waals surface area contributed by atoms with E-state index in [1.165, 1.54) is 11.1 Å². The molecule has 0 amide bonds. The fraction of sp³-hybridized carbons (Fsp3) is 0.462. The van der Waals surface area contributed by atoms with Gasteiger partial charge in [0.25, 0.3) is 0 Å². The first-order chi connectivity index (χ1) is 7.72. The average Bonchev–Trinajstić information content (AvgIpc) is 2.66. The summed E-state index contributed by atoms with van der Waals surface area (Å²) in [4.78, 5) is 0. The minimum Gasteiger partial charge on any atom is -0.395 e. The predicted octanol–water partition coefficient (Wildman–Crippen LogP) is 1.24. The molecule has 84 valence electrons. The summed E-state index contributed by atoms with van der Waals surface area (Å²) in [6.07, 6.45) is 1.73. The smallest absolute Gasteiger partial charge is 0.132 e. The van der Waals surface area contributed by atoms with Gasteiger partial charge in [0.1, 0.15) is 5.54 Å². The highest BCUT2D eigenvalue weighted by molar-refractivity contribution is 5.45. The Labute approximate surface area is 95.7 Å². The van der Waals surface area contributed by atoms with E-state index >= 15 is 0 Å². The highest BCUT2D eigenvalue weighted by Crippen LogP contribution is 2.36. The van der Waals surface area contributed by atoms with Crippen molar-refractivity contribution in [1.29, 1.82) is 5.26 Å². The zero-order valence-electron chi connectivity index (χ0n) is 9.45. The van der Waals surface area contributed by atoms with Crippen molar-refractivity contribution in [3.05, 3.63) is 34.9 Å². The van der Waals surface area contributed by atoms with Crippen molar-refractivity contribution in [2.45, 2.75) is 25.3 Å². The van der Waals surface area contributed by atoms with Crippen LogP contribution in [0.4, 0.5) is 0 Å². The van der Waals surface area contributed by atoms with Crippen LogP contribution in [-0.4, -0.2) is 18.3 Å². The van der Waals surface area contributed by atoms with Crippen LogP contribution in [0.25, 0.3) is 0 Å². The lowest BCUT2D eigenvalue weighted by Gasteiger charge is -2.23. The first kappa shape index (κ1) is 11.1. The summed E-state index contributed by atoms with van der Waals surface area (Å²) in [5.41, 5.74) is 2.91. The molecule has 0 aliphatic heterocycles. The van der Waals surface area contributed by atoms with Gasteiger partial charge in [0.05, 0.1) is 12.7 Å². The van der Waals surface area contributed by atoms with Crippen LogP contribution in [0.2, 0.25) is 0 Å². The first-order valence-corrected chi connectivity index (χ1v) is 5.59. The molecule has 1 aliphatic rings. The number of aryl methyl sites for hydroxylation is 2. The third-order valence-corrected chi connectivity index (χ3v) is 3.22. The van der Waals surface area contributed by atoms with Crippen molar-refractivity contribution >= 4 is 0 Å². The lowest BCUT2D eigenvalue weighted by Crippen LogP contribution is -2.40. The number of hydrogen-bond acceptors (Lipinski definition) is 3. The van der Waals surface area contributed by atoms with E-state index in [0.717, 1.165) is 18.4 Å². The molecule has 0 saturated heterocycles. The van der Waals surface area contributed by atoms with E-state index in [1.54, 1.807) is 0 Å². The fourth-order valence-electron chi connectivity index (χ4n) is 2.37. The minimum absolute atomic E-state index is 0.0601.